The molecule has 0 bridgehead atoms. The summed E-state index contributed by atoms with van der Waals surface area (Å²) in [4.78, 5) is 0. The van der Waals surface area contributed by atoms with Gasteiger partial charge in [-0.2, -0.15) is 0 Å². The van der Waals surface area contributed by atoms with Crippen LogP contribution in [0.2, 0.25) is 0 Å². The minimum Gasteiger partial charge on any atom is -0.493 e. The minimum atomic E-state index is -0.152. The van der Waals surface area contributed by atoms with E-state index in [4.69, 9.17) is 14.6 Å². The van der Waals surface area contributed by atoms with E-state index in [2.05, 4.69) is 11.8 Å². The molecule has 0 aliphatic carbocycles. The van der Waals surface area contributed by atoms with Crippen LogP contribution in [0.4, 0.5) is 0 Å². The van der Waals surface area contributed by atoms with Crippen molar-refractivity contribution in [3.05, 3.63) is 59.2 Å². The summed E-state index contributed by atoms with van der Waals surface area (Å²) in [5.41, 5.74) is 2.95. The van der Waals surface area contributed by atoms with Gasteiger partial charge in [0.1, 0.15) is 13.2 Å². The SMILES string of the molecule is COc1cc(C)ccc1OCc1ccccc1C#CCO. The van der Waals surface area contributed by atoms with Crippen LogP contribution < -0.4 is 9.47 Å². The van der Waals surface area contributed by atoms with Gasteiger partial charge in [0.15, 0.2) is 11.5 Å². The van der Waals surface area contributed by atoms with Crippen LogP contribution >= 0.6 is 0 Å². The lowest BCUT2D eigenvalue weighted by Crippen LogP contribution is -2.00. The zero-order valence-corrected chi connectivity index (χ0v) is 12.2. The molecule has 21 heavy (non-hydrogen) atoms. The Morgan fingerprint density at radius 2 is 1.90 bits per heavy atom. The van der Waals surface area contributed by atoms with Crippen molar-refractivity contribution in [3.63, 3.8) is 0 Å². The number of aliphatic hydroxyl groups excluding tert-OH is 1. The van der Waals surface area contributed by atoms with Crippen molar-refractivity contribution in [2.75, 3.05) is 13.7 Å². The molecular formula is C18H18O3. The average Bonchev–Trinajstić information content (AvgIpc) is 2.52. The first-order chi connectivity index (χ1) is 10.2. The Morgan fingerprint density at radius 3 is 2.67 bits per heavy atom. The predicted octanol–water partition coefficient (Wildman–Crippen LogP) is 2.93. The van der Waals surface area contributed by atoms with E-state index in [1.807, 2.05) is 49.4 Å². The number of aryl methyl sites for hydroxylation is 1. The molecule has 3 heteroatoms. The maximum absolute atomic E-state index is 8.80. The van der Waals surface area contributed by atoms with Crippen molar-refractivity contribution in [1.29, 1.82) is 0 Å². The van der Waals surface area contributed by atoms with Gasteiger partial charge in [-0.1, -0.05) is 36.1 Å². The summed E-state index contributed by atoms with van der Waals surface area (Å²) in [7, 11) is 1.63. The number of methoxy groups -OCH3 is 1. The first kappa shape index (κ1) is 15.0. The predicted molar refractivity (Wildman–Crippen MR) is 82.5 cm³/mol. The fourth-order valence-electron chi connectivity index (χ4n) is 1.95. The molecule has 0 aliphatic rings. The molecule has 3 nitrogen and oxygen atoms in total. The van der Waals surface area contributed by atoms with Crippen LogP contribution in [0.1, 0.15) is 16.7 Å². The summed E-state index contributed by atoms with van der Waals surface area (Å²) in [6.07, 6.45) is 0. The van der Waals surface area contributed by atoms with Gasteiger partial charge < -0.3 is 14.6 Å². The van der Waals surface area contributed by atoms with Gasteiger partial charge in [-0.05, 0) is 30.7 Å². The largest absolute Gasteiger partial charge is 0.493 e. The van der Waals surface area contributed by atoms with E-state index in [0.29, 0.717) is 18.1 Å². The summed E-state index contributed by atoms with van der Waals surface area (Å²) in [6.45, 7) is 2.25. The topological polar surface area (TPSA) is 38.7 Å². The second kappa shape index (κ2) is 7.37. The highest BCUT2D eigenvalue weighted by molar-refractivity contribution is 5.44. The summed E-state index contributed by atoms with van der Waals surface area (Å²) in [5.74, 6) is 7.00. The maximum Gasteiger partial charge on any atom is 0.161 e. The second-order valence-electron chi connectivity index (χ2n) is 4.56. The molecule has 0 atom stereocenters. The first-order valence-corrected chi connectivity index (χ1v) is 6.69. The molecule has 0 aliphatic heterocycles. The molecule has 0 aromatic heterocycles. The third kappa shape index (κ3) is 4.01. The zero-order chi connectivity index (χ0) is 15.1. The highest BCUT2D eigenvalue weighted by Gasteiger charge is 2.06. The molecule has 1 N–H and O–H groups in total. The van der Waals surface area contributed by atoms with Crippen molar-refractivity contribution in [3.8, 4) is 23.3 Å². The maximum atomic E-state index is 8.80. The molecule has 2 aromatic rings. The summed E-state index contributed by atoms with van der Waals surface area (Å²) in [5, 5.41) is 8.80. The van der Waals surface area contributed by atoms with Gasteiger partial charge in [0.05, 0.1) is 7.11 Å². The lowest BCUT2D eigenvalue weighted by molar-refractivity contribution is 0.284. The third-order valence-electron chi connectivity index (χ3n) is 3.02. The molecule has 0 heterocycles. The smallest absolute Gasteiger partial charge is 0.161 e. The lowest BCUT2D eigenvalue weighted by atomic mass is 10.1. The first-order valence-electron chi connectivity index (χ1n) is 6.69. The van der Waals surface area contributed by atoms with Crippen LogP contribution in [0.5, 0.6) is 11.5 Å². The molecule has 2 aromatic carbocycles. The second-order valence-corrected chi connectivity index (χ2v) is 4.56. The normalized spacial score (nSPS) is 9.67. The number of ether oxygens (including phenoxy) is 2. The van der Waals surface area contributed by atoms with Crippen LogP contribution in [0, 0.1) is 18.8 Å². The zero-order valence-electron chi connectivity index (χ0n) is 12.2. The number of aliphatic hydroxyl groups is 1. The van der Waals surface area contributed by atoms with Crippen molar-refractivity contribution in [2.45, 2.75) is 13.5 Å². The van der Waals surface area contributed by atoms with Gasteiger partial charge in [-0.15, -0.1) is 0 Å². The van der Waals surface area contributed by atoms with Crippen molar-refractivity contribution in [2.24, 2.45) is 0 Å². The summed E-state index contributed by atoms with van der Waals surface area (Å²) in [6, 6.07) is 13.5. The van der Waals surface area contributed by atoms with Crippen LogP contribution in [0.15, 0.2) is 42.5 Å². The Morgan fingerprint density at radius 1 is 1.10 bits per heavy atom. The average molecular weight is 282 g/mol. The number of benzene rings is 2. The van der Waals surface area contributed by atoms with Crippen LogP contribution in [-0.2, 0) is 6.61 Å². The minimum absolute atomic E-state index is 0.152. The van der Waals surface area contributed by atoms with Gasteiger partial charge in [-0.25, -0.2) is 0 Å². The quantitative estimate of drug-likeness (QED) is 0.876. The van der Waals surface area contributed by atoms with E-state index in [1.165, 1.54) is 0 Å². The van der Waals surface area contributed by atoms with E-state index in [9.17, 15) is 0 Å². The van der Waals surface area contributed by atoms with Crippen LogP contribution in [0.25, 0.3) is 0 Å². The fourth-order valence-corrected chi connectivity index (χ4v) is 1.95. The van der Waals surface area contributed by atoms with Crippen molar-refractivity contribution >= 4 is 0 Å². The Bertz CT molecular complexity index is 666. The van der Waals surface area contributed by atoms with Gasteiger partial charge in [0.25, 0.3) is 0 Å². The molecular weight excluding hydrogens is 264 g/mol. The summed E-state index contributed by atoms with van der Waals surface area (Å²) < 4.78 is 11.2. The van der Waals surface area contributed by atoms with E-state index < -0.39 is 0 Å². The Balaban J connectivity index is 2.17. The molecule has 0 spiro atoms. The van der Waals surface area contributed by atoms with Crippen LogP contribution in [0.3, 0.4) is 0 Å². The molecule has 0 saturated heterocycles. The highest BCUT2D eigenvalue weighted by Crippen LogP contribution is 2.28. The van der Waals surface area contributed by atoms with E-state index in [0.717, 1.165) is 16.7 Å². The molecule has 0 amide bonds. The summed E-state index contributed by atoms with van der Waals surface area (Å²) >= 11 is 0. The van der Waals surface area contributed by atoms with Gasteiger partial charge in [0, 0.05) is 11.1 Å². The molecule has 0 unspecified atom stereocenters. The van der Waals surface area contributed by atoms with Crippen LogP contribution in [-0.4, -0.2) is 18.8 Å². The Hall–Kier alpha value is -2.44. The van der Waals surface area contributed by atoms with E-state index in [-0.39, 0.29) is 6.61 Å². The third-order valence-corrected chi connectivity index (χ3v) is 3.02. The van der Waals surface area contributed by atoms with Crippen molar-refractivity contribution < 1.29 is 14.6 Å². The molecule has 2 rings (SSSR count). The molecule has 108 valence electrons. The lowest BCUT2D eigenvalue weighted by Gasteiger charge is -2.12. The number of hydrogen-bond donors (Lipinski definition) is 1. The molecule has 0 fully saturated rings. The van der Waals surface area contributed by atoms with Gasteiger partial charge in [0.2, 0.25) is 0 Å². The van der Waals surface area contributed by atoms with Gasteiger partial charge in [-0.3, -0.25) is 0 Å². The van der Waals surface area contributed by atoms with Crippen molar-refractivity contribution in [1.82, 2.24) is 0 Å². The Labute approximate surface area is 125 Å². The monoisotopic (exact) mass is 282 g/mol. The molecule has 0 saturated carbocycles. The standard InChI is InChI=1S/C18H18O3/c1-14-9-10-17(18(12-14)20-2)21-13-16-7-4-3-6-15(16)8-5-11-19/h3-4,6-7,9-10,12,19H,11,13H2,1-2H3. The number of hydrogen-bond acceptors (Lipinski definition) is 3. The molecule has 0 radical (unpaired) electrons. The van der Waals surface area contributed by atoms with E-state index >= 15 is 0 Å². The number of rotatable bonds is 4. The van der Waals surface area contributed by atoms with E-state index in [1.54, 1.807) is 7.11 Å². The van der Waals surface area contributed by atoms with Gasteiger partial charge >= 0.3 is 0 Å². The highest BCUT2D eigenvalue weighted by atomic mass is 16.5. The fraction of sp³-hybridized carbons (Fsp3) is 0.222. The Kier molecular flexibility index (Phi) is 5.25.